The van der Waals surface area contributed by atoms with Gasteiger partial charge in [-0.2, -0.15) is 0 Å². The van der Waals surface area contributed by atoms with E-state index in [2.05, 4.69) is 20.5 Å². The van der Waals surface area contributed by atoms with Crippen LogP contribution in [0.3, 0.4) is 0 Å². The second kappa shape index (κ2) is 12.4. The number of benzene rings is 2. The second-order valence-electron chi connectivity index (χ2n) is 8.23. The predicted octanol–water partition coefficient (Wildman–Crippen LogP) is 2.96. The Bertz CT molecular complexity index is 854. The van der Waals surface area contributed by atoms with E-state index in [1.54, 1.807) is 12.1 Å². The fraction of sp³-hybridized carbons (Fsp3) is 0.480. The zero-order chi connectivity index (χ0) is 22.8. The molecule has 0 aromatic heterocycles. The van der Waals surface area contributed by atoms with Gasteiger partial charge >= 0.3 is 0 Å². The highest BCUT2D eigenvalue weighted by Gasteiger charge is 2.20. The van der Waals surface area contributed by atoms with Gasteiger partial charge in [0.1, 0.15) is 0 Å². The summed E-state index contributed by atoms with van der Waals surface area (Å²) in [5.74, 6) is 0.707. The van der Waals surface area contributed by atoms with Crippen molar-refractivity contribution in [1.29, 1.82) is 0 Å². The van der Waals surface area contributed by atoms with Crippen LogP contribution in [0.15, 0.2) is 53.5 Å². The number of piperidine rings is 1. The number of hydrogen-bond donors (Lipinski definition) is 3. The van der Waals surface area contributed by atoms with Gasteiger partial charge in [-0.25, -0.2) is 4.39 Å². The van der Waals surface area contributed by atoms with Crippen molar-refractivity contribution >= 4 is 5.96 Å². The van der Waals surface area contributed by atoms with E-state index in [0.717, 1.165) is 56.1 Å². The highest BCUT2D eigenvalue weighted by molar-refractivity contribution is 5.80. The molecule has 2 aromatic rings. The highest BCUT2D eigenvalue weighted by atomic mass is 19.1. The van der Waals surface area contributed by atoms with Crippen molar-refractivity contribution in [2.24, 2.45) is 4.99 Å². The first-order valence-electron chi connectivity index (χ1n) is 11.4. The summed E-state index contributed by atoms with van der Waals surface area (Å²) in [4.78, 5) is 6.93. The molecule has 32 heavy (non-hydrogen) atoms. The largest absolute Gasteiger partial charge is 0.494 e. The van der Waals surface area contributed by atoms with Gasteiger partial charge in [0.05, 0.1) is 19.8 Å². The normalized spacial score (nSPS) is 16.6. The molecular weight excluding hydrogens is 407 g/mol. The summed E-state index contributed by atoms with van der Waals surface area (Å²) in [6, 6.07) is 15.5. The number of nitrogens with one attached hydrogen (secondary N) is 2. The lowest BCUT2D eigenvalue weighted by Gasteiger charge is -2.33. The molecule has 0 spiro atoms. The number of aliphatic hydroxyl groups is 1. The van der Waals surface area contributed by atoms with Crippen LogP contribution in [0.1, 0.15) is 30.9 Å². The summed E-state index contributed by atoms with van der Waals surface area (Å²) in [6.45, 7) is 5.75. The minimum atomic E-state index is -0.514. The number of halogens is 1. The lowest BCUT2D eigenvalue weighted by Crippen LogP contribution is -2.48. The van der Waals surface area contributed by atoms with Gasteiger partial charge in [-0.05, 0) is 43.0 Å². The van der Waals surface area contributed by atoms with Crippen LogP contribution in [0.5, 0.6) is 5.75 Å². The molecular formula is C25H35FN4O2. The third-order valence-electron chi connectivity index (χ3n) is 5.67. The molecule has 3 rings (SSSR count). The number of hydrogen-bond acceptors (Lipinski definition) is 4. The Hall–Kier alpha value is -2.64. The van der Waals surface area contributed by atoms with Crippen LogP contribution in [0.2, 0.25) is 0 Å². The topological polar surface area (TPSA) is 69.1 Å². The molecule has 7 heteroatoms. The van der Waals surface area contributed by atoms with Gasteiger partial charge in [0.2, 0.25) is 0 Å². The summed E-state index contributed by atoms with van der Waals surface area (Å²) in [5.41, 5.74) is 2.06. The number of ether oxygens (including phenoxy) is 1. The molecule has 174 valence electrons. The molecule has 2 aromatic carbocycles. The Kier molecular flexibility index (Phi) is 9.31. The predicted molar refractivity (Wildman–Crippen MR) is 127 cm³/mol. The standard InChI is InChI=1S/C25H35FN4O2/c1-3-27-25(28-17-22(31)15-19-7-5-4-6-8-19)29-21-11-13-30(14-12-21)18-20-9-10-24(32-2)23(26)16-20/h4-10,16,21-22,31H,3,11-15,17-18H2,1-2H3,(H2,27,28,29). The van der Waals surface area contributed by atoms with Crippen molar-refractivity contribution in [2.45, 2.75) is 44.9 Å². The molecule has 0 bridgehead atoms. The average Bonchev–Trinajstić information content (AvgIpc) is 2.80. The molecule has 1 unspecified atom stereocenters. The monoisotopic (exact) mass is 442 g/mol. The molecule has 3 N–H and O–H groups in total. The first kappa shape index (κ1) is 24.0. The first-order valence-corrected chi connectivity index (χ1v) is 11.4. The highest BCUT2D eigenvalue weighted by Crippen LogP contribution is 2.20. The second-order valence-corrected chi connectivity index (χ2v) is 8.23. The van der Waals surface area contributed by atoms with Crippen molar-refractivity contribution < 1.29 is 14.2 Å². The molecule has 1 saturated heterocycles. The van der Waals surface area contributed by atoms with E-state index in [1.165, 1.54) is 7.11 Å². The molecule has 0 radical (unpaired) electrons. The fourth-order valence-corrected chi connectivity index (χ4v) is 3.96. The van der Waals surface area contributed by atoms with Crippen molar-refractivity contribution in [1.82, 2.24) is 15.5 Å². The van der Waals surface area contributed by atoms with Crippen LogP contribution in [-0.2, 0) is 13.0 Å². The van der Waals surface area contributed by atoms with Gasteiger partial charge in [0.25, 0.3) is 0 Å². The van der Waals surface area contributed by atoms with Crippen LogP contribution >= 0.6 is 0 Å². The molecule has 0 aliphatic carbocycles. The van der Waals surface area contributed by atoms with E-state index < -0.39 is 6.10 Å². The van der Waals surface area contributed by atoms with Crippen molar-refractivity contribution in [3.63, 3.8) is 0 Å². The first-order chi connectivity index (χ1) is 15.6. The van der Waals surface area contributed by atoms with Gasteiger partial charge in [0, 0.05) is 38.6 Å². The number of likely N-dealkylation sites (tertiary alicyclic amines) is 1. The summed E-state index contributed by atoms with van der Waals surface area (Å²) < 4.78 is 18.9. The average molecular weight is 443 g/mol. The van der Waals surface area contributed by atoms with Gasteiger partial charge in [-0.15, -0.1) is 0 Å². The summed E-state index contributed by atoms with van der Waals surface area (Å²) in [7, 11) is 1.48. The Balaban J connectivity index is 1.46. The molecule has 0 amide bonds. The van der Waals surface area contributed by atoms with E-state index in [-0.39, 0.29) is 11.6 Å². The lowest BCUT2D eigenvalue weighted by atomic mass is 10.0. The Morgan fingerprint density at radius 3 is 2.59 bits per heavy atom. The van der Waals surface area contributed by atoms with Crippen LogP contribution < -0.4 is 15.4 Å². The van der Waals surface area contributed by atoms with Gasteiger partial charge in [-0.3, -0.25) is 9.89 Å². The molecule has 1 fully saturated rings. The number of nitrogens with zero attached hydrogens (tertiary/aromatic N) is 2. The zero-order valence-electron chi connectivity index (χ0n) is 19.1. The minimum absolute atomic E-state index is 0.279. The zero-order valence-corrected chi connectivity index (χ0v) is 19.1. The molecule has 1 aliphatic heterocycles. The Morgan fingerprint density at radius 1 is 1.19 bits per heavy atom. The Labute approximate surface area is 190 Å². The van der Waals surface area contributed by atoms with E-state index in [0.29, 0.717) is 19.0 Å². The maximum atomic E-state index is 13.9. The summed E-state index contributed by atoms with van der Waals surface area (Å²) in [6.07, 6.45) is 2.04. The molecule has 1 heterocycles. The quantitative estimate of drug-likeness (QED) is 0.412. The number of guanidine groups is 1. The number of aliphatic hydroxyl groups excluding tert-OH is 1. The minimum Gasteiger partial charge on any atom is -0.494 e. The van der Waals surface area contributed by atoms with E-state index in [1.807, 2.05) is 43.3 Å². The SMILES string of the molecule is CCNC(=NCC(O)Cc1ccccc1)NC1CCN(Cc2ccc(OC)c(F)c2)CC1. The molecule has 1 atom stereocenters. The third-order valence-corrected chi connectivity index (χ3v) is 5.67. The van der Waals surface area contributed by atoms with Crippen LogP contribution in [-0.4, -0.2) is 61.4 Å². The molecule has 6 nitrogen and oxygen atoms in total. The van der Waals surface area contributed by atoms with E-state index in [9.17, 15) is 9.50 Å². The number of methoxy groups -OCH3 is 1. The lowest BCUT2D eigenvalue weighted by molar-refractivity contribution is 0.183. The van der Waals surface area contributed by atoms with Crippen molar-refractivity contribution in [3.8, 4) is 5.75 Å². The van der Waals surface area contributed by atoms with Crippen LogP contribution in [0.4, 0.5) is 4.39 Å². The van der Waals surface area contributed by atoms with Gasteiger partial charge in [-0.1, -0.05) is 36.4 Å². The van der Waals surface area contributed by atoms with E-state index in [4.69, 9.17) is 4.74 Å². The fourth-order valence-electron chi connectivity index (χ4n) is 3.96. The summed E-state index contributed by atoms with van der Waals surface area (Å²) in [5, 5.41) is 17.1. The number of aliphatic imine (C=N–C) groups is 1. The summed E-state index contributed by atoms with van der Waals surface area (Å²) >= 11 is 0. The van der Waals surface area contributed by atoms with Crippen molar-refractivity contribution in [2.75, 3.05) is 33.3 Å². The van der Waals surface area contributed by atoms with Gasteiger partial charge < -0.3 is 20.5 Å². The maximum Gasteiger partial charge on any atom is 0.191 e. The van der Waals surface area contributed by atoms with E-state index >= 15 is 0 Å². The molecule has 0 saturated carbocycles. The third kappa shape index (κ3) is 7.50. The smallest absolute Gasteiger partial charge is 0.191 e. The molecule has 1 aliphatic rings. The van der Waals surface area contributed by atoms with Gasteiger partial charge in [0.15, 0.2) is 17.5 Å². The Morgan fingerprint density at radius 2 is 1.94 bits per heavy atom. The van der Waals surface area contributed by atoms with Crippen LogP contribution in [0.25, 0.3) is 0 Å². The maximum absolute atomic E-state index is 13.9. The van der Waals surface area contributed by atoms with Crippen molar-refractivity contribution in [3.05, 3.63) is 65.5 Å². The van der Waals surface area contributed by atoms with Crippen LogP contribution in [0, 0.1) is 5.82 Å². The number of rotatable bonds is 9.